The highest BCUT2D eigenvalue weighted by Gasteiger charge is 1.91. The first-order chi connectivity index (χ1) is 3.43. The number of hydrogen-bond acceptors (Lipinski definition) is 1. The van der Waals surface area contributed by atoms with Crippen LogP contribution in [-0.2, 0) is 0 Å². The fourth-order valence-corrected chi connectivity index (χ4v) is 4.02. The van der Waals surface area contributed by atoms with Gasteiger partial charge in [-0.2, -0.15) is 11.3 Å². The highest BCUT2D eigenvalue weighted by atomic mass is 127. The van der Waals surface area contributed by atoms with Crippen molar-refractivity contribution in [3.05, 3.63) is 17.5 Å². The maximum absolute atomic E-state index is 2.50. The Kier molecular flexibility index (Phi) is 2.95. The average molecular weight is 234 g/mol. The Hall–Kier alpha value is 1.20. The molecule has 0 aliphatic carbocycles. The third-order valence-corrected chi connectivity index (χ3v) is 6.89. The van der Waals surface area contributed by atoms with Gasteiger partial charge in [0.1, 0.15) is 0 Å². The molecule has 0 aliphatic rings. The van der Waals surface area contributed by atoms with Crippen molar-refractivity contribution in [3.63, 3.8) is 0 Å². The molecule has 0 atom stereocenters. The molecular formula is C4H3IMgS. The fraction of sp³-hybridized carbons (Fsp3) is 0. The lowest BCUT2D eigenvalue weighted by atomic mass is 10.7. The molecule has 0 fully saturated rings. The number of rotatable bonds is 1. The average Bonchev–Trinajstić information content (AvgIpc) is 2.14. The largest absolute Gasteiger partial charge is 0.517 e. The fourth-order valence-electron chi connectivity index (χ4n) is 0.389. The predicted molar refractivity (Wildman–Crippen MR) is 43.7 cm³/mol. The van der Waals surface area contributed by atoms with E-state index < -0.39 is 0 Å². The van der Waals surface area contributed by atoms with E-state index in [4.69, 9.17) is 0 Å². The zero-order valence-electron chi connectivity index (χ0n) is 3.73. The molecule has 1 heterocycles. The van der Waals surface area contributed by atoms with E-state index in [2.05, 4.69) is 36.4 Å². The molecule has 0 saturated heterocycles. The summed E-state index contributed by atoms with van der Waals surface area (Å²) in [5.41, 5.74) is 0. The molecule has 0 nitrogen and oxygen atoms in total. The van der Waals surface area contributed by atoms with Crippen LogP contribution in [0.5, 0.6) is 0 Å². The van der Waals surface area contributed by atoms with Crippen LogP contribution in [-0.4, -0.2) is 16.5 Å². The Morgan fingerprint density at radius 1 is 1.71 bits per heavy atom. The van der Waals surface area contributed by atoms with Gasteiger partial charge in [0.05, 0.1) is 0 Å². The molecule has 0 saturated carbocycles. The van der Waals surface area contributed by atoms with Gasteiger partial charge in [0.15, 0.2) is 0 Å². The first-order valence-corrected chi connectivity index (χ1v) is 8.71. The van der Waals surface area contributed by atoms with Gasteiger partial charge in [-0.1, -0.05) is 12.1 Å². The summed E-state index contributed by atoms with van der Waals surface area (Å²) >= 11 is 4.50. The number of thiophene rings is 1. The number of halogens is 1. The van der Waals surface area contributed by atoms with Crippen molar-refractivity contribution in [2.24, 2.45) is 0 Å². The number of hydrogen-bond donors (Lipinski definition) is 0. The summed E-state index contributed by atoms with van der Waals surface area (Å²) in [4.78, 5) is 0. The summed E-state index contributed by atoms with van der Waals surface area (Å²) < 4.78 is 1.60. The monoisotopic (exact) mass is 234 g/mol. The van der Waals surface area contributed by atoms with Crippen LogP contribution < -0.4 is 3.01 Å². The molecule has 0 bridgehead atoms. The van der Waals surface area contributed by atoms with Crippen LogP contribution in [0.4, 0.5) is 0 Å². The molecule has 0 amide bonds. The van der Waals surface area contributed by atoms with Crippen molar-refractivity contribution < 1.29 is 0 Å². The second-order valence-corrected chi connectivity index (χ2v) is 6.08. The van der Waals surface area contributed by atoms with Gasteiger partial charge >= 0.3 is 16.5 Å². The minimum atomic E-state index is 0.122. The zero-order valence-corrected chi connectivity index (χ0v) is 8.11. The molecule has 0 aromatic carbocycles. The van der Waals surface area contributed by atoms with E-state index in [-0.39, 0.29) is 16.5 Å². The highest BCUT2D eigenvalue weighted by Crippen LogP contribution is 1.92. The van der Waals surface area contributed by atoms with Crippen LogP contribution in [0.25, 0.3) is 0 Å². The van der Waals surface area contributed by atoms with Crippen molar-refractivity contribution in [2.75, 3.05) is 0 Å². The lowest BCUT2D eigenvalue weighted by molar-refractivity contribution is 2.07. The van der Waals surface area contributed by atoms with Gasteiger partial charge in [-0.3, -0.25) is 18.9 Å². The van der Waals surface area contributed by atoms with Crippen LogP contribution in [0.15, 0.2) is 17.5 Å². The van der Waals surface area contributed by atoms with Gasteiger partial charge in [0.2, 0.25) is 0 Å². The Bertz CT molecular complexity index is 126. The molecule has 0 unspecified atom stereocenters. The lowest BCUT2D eigenvalue weighted by Crippen LogP contribution is -1.98. The van der Waals surface area contributed by atoms with Gasteiger partial charge in [0, 0.05) is 0 Å². The predicted octanol–water partition coefficient (Wildman–Crippen LogP) is 1.43. The van der Waals surface area contributed by atoms with E-state index in [9.17, 15) is 0 Å². The summed E-state index contributed by atoms with van der Waals surface area (Å²) in [5, 5.41) is 2.14. The molecule has 1 aromatic heterocycles. The van der Waals surface area contributed by atoms with E-state index in [1.54, 1.807) is 3.01 Å². The molecule has 3 heteroatoms. The van der Waals surface area contributed by atoms with E-state index in [0.29, 0.717) is 0 Å². The zero-order chi connectivity index (χ0) is 5.11. The first kappa shape index (κ1) is 6.32. The maximum atomic E-state index is 2.50. The second-order valence-electron chi connectivity index (χ2n) is 1.21. The van der Waals surface area contributed by atoms with E-state index in [0.717, 1.165) is 0 Å². The van der Waals surface area contributed by atoms with Crippen molar-refractivity contribution >= 4 is 49.7 Å². The van der Waals surface area contributed by atoms with Gasteiger partial charge in [-0.15, -0.1) is 3.01 Å². The minimum absolute atomic E-state index is 0.122. The first-order valence-electron chi connectivity index (χ1n) is 2.02. The smallest absolute Gasteiger partial charge is 0.289 e. The molecule has 0 spiro atoms. The van der Waals surface area contributed by atoms with Crippen LogP contribution in [0.2, 0.25) is 0 Å². The lowest BCUT2D eigenvalue weighted by Gasteiger charge is -1.74. The third kappa shape index (κ3) is 1.87. The summed E-state index contributed by atoms with van der Waals surface area (Å²) in [7, 11) is 0. The minimum Gasteiger partial charge on any atom is -0.289 e. The topological polar surface area (TPSA) is 0 Å². The standard InChI is InChI=1S/C4H3S.HI.Mg/c1-2-4-5-3-1;;/h1-3H;1H;/q;;+1/p-1. The summed E-state index contributed by atoms with van der Waals surface area (Å²) in [6.45, 7) is 0. The third-order valence-electron chi connectivity index (χ3n) is 0.712. The van der Waals surface area contributed by atoms with Crippen LogP contribution >= 0.6 is 30.2 Å². The molecule has 7 heavy (non-hydrogen) atoms. The van der Waals surface area contributed by atoms with Gasteiger partial charge in [-0.25, -0.2) is 0 Å². The molecule has 0 aliphatic heterocycles. The molecule has 34 valence electrons. The van der Waals surface area contributed by atoms with E-state index in [1.807, 2.05) is 11.3 Å². The Balaban J connectivity index is 2.76. The Labute approximate surface area is 66.4 Å². The van der Waals surface area contributed by atoms with Crippen LogP contribution in [0.1, 0.15) is 0 Å². The normalized spacial score (nSPS) is 8.14. The van der Waals surface area contributed by atoms with Crippen molar-refractivity contribution in [1.82, 2.24) is 0 Å². The Morgan fingerprint density at radius 3 is 2.86 bits per heavy atom. The van der Waals surface area contributed by atoms with Crippen LogP contribution in [0, 0.1) is 0 Å². The van der Waals surface area contributed by atoms with Gasteiger partial charge in [0.25, 0.3) is 0 Å². The molecule has 0 N–H and O–H groups in total. The van der Waals surface area contributed by atoms with Gasteiger partial charge in [-0.05, 0) is 5.38 Å². The van der Waals surface area contributed by atoms with E-state index in [1.165, 1.54) is 0 Å². The quantitative estimate of drug-likeness (QED) is 0.509. The van der Waals surface area contributed by atoms with Crippen molar-refractivity contribution in [1.29, 1.82) is 0 Å². The molecule has 0 radical (unpaired) electrons. The second kappa shape index (κ2) is 3.27. The summed E-state index contributed by atoms with van der Waals surface area (Å²) in [6.07, 6.45) is 0. The van der Waals surface area contributed by atoms with Crippen molar-refractivity contribution in [2.45, 2.75) is 0 Å². The molecule has 1 aromatic rings. The summed E-state index contributed by atoms with van der Waals surface area (Å²) in [5.74, 6) is 0. The highest BCUT2D eigenvalue weighted by molar-refractivity contribution is 14.1. The maximum Gasteiger partial charge on any atom is 0.517 e. The summed E-state index contributed by atoms with van der Waals surface area (Å²) in [6, 6.07) is 4.33. The van der Waals surface area contributed by atoms with Crippen molar-refractivity contribution in [3.8, 4) is 0 Å². The molecule has 1 rings (SSSR count). The van der Waals surface area contributed by atoms with E-state index >= 15 is 0 Å². The Morgan fingerprint density at radius 2 is 2.57 bits per heavy atom. The van der Waals surface area contributed by atoms with Crippen LogP contribution in [0.3, 0.4) is 0 Å². The SMILES string of the molecule is [I][Mg][c]1cccs1. The molecular weight excluding hydrogens is 231 g/mol. The van der Waals surface area contributed by atoms with Gasteiger partial charge < -0.3 is 0 Å².